The topological polar surface area (TPSA) is 58.6 Å². The third-order valence-electron chi connectivity index (χ3n) is 2.54. The molecule has 6 heteroatoms. The molecule has 0 heterocycles. The summed E-state index contributed by atoms with van der Waals surface area (Å²) in [5.41, 5.74) is 1.36. The maximum Gasteiger partial charge on any atom is 0.337 e. The van der Waals surface area contributed by atoms with Crippen LogP contribution in [-0.2, 0) is 4.74 Å². The quantitative estimate of drug-likeness (QED) is 0.812. The van der Waals surface area contributed by atoms with Crippen molar-refractivity contribution >= 4 is 40.7 Å². The average Bonchev–Trinajstić information content (AvgIpc) is 2.29. The van der Waals surface area contributed by atoms with E-state index in [1.165, 1.54) is 6.07 Å². The lowest BCUT2D eigenvalue weighted by atomic mass is 9.99. The van der Waals surface area contributed by atoms with E-state index in [1.54, 1.807) is 6.07 Å². The molecule has 2 N–H and O–H groups in total. The minimum atomic E-state index is -1.07. The van der Waals surface area contributed by atoms with Gasteiger partial charge < -0.3 is 15.2 Å². The highest BCUT2D eigenvalue weighted by Gasteiger charge is 2.17. The van der Waals surface area contributed by atoms with E-state index in [9.17, 15) is 9.90 Å². The summed E-state index contributed by atoms with van der Waals surface area (Å²) < 4.78 is 5.32. The highest BCUT2D eigenvalue weighted by molar-refractivity contribution is 7.80. The summed E-state index contributed by atoms with van der Waals surface area (Å²) in [5.74, 6) is -0.974. The molecule has 0 saturated heterocycles. The molecule has 1 aromatic rings. The van der Waals surface area contributed by atoms with E-state index < -0.39 is 5.97 Å². The van der Waals surface area contributed by atoms with E-state index in [1.807, 2.05) is 27.7 Å². The van der Waals surface area contributed by atoms with Gasteiger partial charge in [0.1, 0.15) is 0 Å². The molecule has 0 aromatic heterocycles. The van der Waals surface area contributed by atoms with E-state index in [-0.39, 0.29) is 27.8 Å². The first-order chi connectivity index (χ1) is 9.22. The molecule has 1 rings (SSSR count). The van der Waals surface area contributed by atoms with Gasteiger partial charge in [0, 0.05) is 5.69 Å². The van der Waals surface area contributed by atoms with Crippen molar-refractivity contribution in [3.05, 3.63) is 28.3 Å². The second kappa shape index (κ2) is 6.90. The van der Waals surface area contributed by atoms with E-state index in [0.29, 0.717) is 5.69 Å². The number of carbonyl (C=O) groups is 1. The van der Waals surface area contributed by atoms with Crippen LogP contribution in [0.3, 0.4) is 0 Å². The first-order valence-electron chi connectivity index (χ1n) is 6.26. The number of carboxylic acids is 1. The van der Waals surface area contributed by atoms with Gasteiger partial charge in [-0.25, -0.2) is 4.79 Å². The van der Waals surface area contributed by atoms with Gasteiger partial charge >= 0.3 is 5.97 Å². The number of halogens is 1. The molecule has 0 radical (unpaired) electrons. The second-order valence-electron chi connectivity index (χ2n) is 4.97. The van der Waals surface area contributed by atoms with E-state index >= 15 is 0 Å². The zero-order valence-electron chi connectivity index (χ0n) is 11.9. The molecule has 20 heavy (non-hydrogen) atoms. The van der Waals surface area contributed by atoms with Gasteiger partial charge in [-0.05, 0) is 49.7 Å². The molecule has 0 bridgehead atoms. The highest BCUT2D eigenvalue weighted by atomic mass is 35.5. The lowest BCUT2D eigenvalue weighted by Crippen LogP contribution is -2.18. The minimum absolute atomic E-state index is 0.0488. The van der Waals surface area contributed by atoms with Crippen LogP contribution < -0.4 is 5.32 Å². The Kier molecular flexibility index (Phi) is 5.77. The van der Waals surface area contributed by atoms with Crippen molar-refractivity contribution in [2.45, 2.75) is 39.7 Å². The number of nitrogens with one attached hydrogen (secondary N) is 1. The number of thiocarbonyl (C=S) groups is 1. The molecule has 0 spiro atoms. The van der Waals surface area contributed by atoms with Gasteiger partial charge in [-0.1, -0.05) is 25.4 Å². The Morgan fingerprint density at radius 1 is 1.35 bits per heavy atom. The molecule has 4 nitrogen and oxygen atoms in total. The van der Waals surface area contributed by atoms with Gasteiger partial charge in [-0.2, -0.15) is 0 Å². The predicted molar refractivity (Wildman–Crippen MR) is 84.9 cm³/mol. The van der Waals surface area contributed by atoms with Gasteiger partial charge in [0.25, 0.3) is 5.17 Å². The van der Waals surface area contributed by atoms with Crippen molar-refractivity contribution in [2.24, 2.45) is 0 Å². The third kappa shape index (κ3) is 4.35. The summed E-state index contributed by atoms with van der Waals surface area (Å²) in [6.07, 6.45) is -0.0502. The third-order valence-corrected chi connectivity index (χ3v) is 3.16. The van der Waals surface area contributed by atoms with Crippen LogP contribution in [0.25, 0.3) is 0 Å². The highest BCUT2D eigenvalue weighted by Crippen LogP contribution is 2.31. The van der Waals surface area contributed by atoms with Crippen LogP contribution in [0.2, 0.25) is 5.02 Å². The molecule has 0 aliphatic heterocycles. The Balaban J connectivity index is 3.14. The maximum atomic E-state index is 11.2. The van der Waals surface area contributed by atoms with Crippen LogP contribution in [0.15, 0.2) is 12.1 Å². The van der Waals surface area contributed by atoms with Gasteiger partial charge in [-0.15, -0.1) is 0 Å². The van der Waals surface area contributed by atoms with Gasteiger partial charge in [-0.3, -0.25) is 0 Å². The van der Waals surface area contributed by atoms with Crippen LogP contribution in [-0.4, -0.2) is 22.4 Å². The number of carboxylic acid groups (broad SMARTS) is 1. The number of ether oxygens (including phenoxy) is 1. The summed E-state index contributed by atoms with van der Waals surface area (Å²) in [7, 11) is 0. The monoisotopic (exact) mass is 315 g/mol. The van der Waals surface area contributed by atoms with Crippen LogP contribution in [0.4, 0.5) is 5.69 Å². The minimum Gasteiger partial charge on any atom is -0.478 e. The lowest BCUT2D eigenvalue weighted by molar-refractivity contribution is 0.0697. The Bertz CT molecular complexity index is 529. The molecular formula is C14H18ClNO3S. The molecule has 110 valence electrons. The first-order valence-corrected chi connectivity index (χ1v) is 7.05. The van der Waals surface area contributed by atoms with E-state index in [2.05, 4.69) is 5.32 Å². The van der Waals surface area contributed by atoms with Gasteiger partial charge in [0.2, 0.25) is 0 Å². The zero-order chi connectivity index (χ0) is 15.4. The maximum absolute atomic E-state index is 11.2. The van der Waals surface area contributed by atoms with Crippen LogP contribution >= 0.6 is 23.8 Å². The summed E-state index contributed by atoms with van der Waals surface area (Å²) in [4.78, 5) is 11.2. The summed E-state index contributed by atoms with van der Waals surface area (Å²) in [6.45, 7) is 7.61. The molecule has 0 amide bonds. The van der Waals surface area contributed by atoms with Crippen molar-refractivity contribution in [2.75, 3.05) is 5.32 Å². The van der Waals surface area contributed by atoms with Crippen molar-refractivity contribution < 1.29 is 14.6 Å². The van der Waals surface area contributed by atoms with E-state index in [4.69, 9.17) is 28.6 Å². The van der Waals surface area contributed by atoms with Gasteiger partial charge in [0.15, 0.2) is 0 Å². The molecule has 0 saturated carbocycles. The van der Waals surface area contributed by atoms with Crippen LogP contribution in [0.5, 0.6) is 0 Å². The Morgan fingerprint density at radius 2 is 1.95 bits per heavy atom. The Labute approximate surface area is 129 Å². The molecule has 0 fully saturated rings. The molecule has 0 aliphatic rings. The smallest absolute Gasteiger partial charge is 0.337 e. The van der Waals surface area contributed by atoms with Crippen molar-refractivity contribution in [1.29, 1.82) is 0 Å². The van der Waals surface area contributed by atoms with Crippen molar-refractivity contribution in [3.8, 4) is 0 Å². The van der Waals surface area contributed by atoms with E-state index in [0.717, 1.165) is 5.56 Å². The van der Waals surface area contributed by atoms with Crippen molar-refractivity contribution in [3.63, 3.8) is 0 Å². The SMILES string of the molecule is CC(C)OC(=S)Nc1cc(C(=O)O)c(Cl)c(C(C)C)c1. The molecular weight excluding hydrogens is 298 g/mol. The number of rotatable bonds is 4. The second-order valence-corrected chi connectivity index (χ2v) is 5.71. The number of aromatic carboxylic acids is 1. The van der Waals surface area contributed by atoms with Crippen LogP contribution in [0, 0.1) is 0 Å². The summed E-state index contributed by atoms with van der Waals surface area (Å²) >= 11 is 11.2. The number of benzene rings is 1. The lowest BCUT2D eigenvalue weighted by Gasteiger charge is -2.16. The molecule has 1 aromatic carbocycles. The fourth-order valence-corrected chi connectivity index (χ4v) is 2.37. The Hall–Kier alpha value is -1.33. The number of hydrogen-bond acceptors (Lipinski definition) is 3. The normalized spacial score (nSPS) is 10.8. The van der Waals surface area contributed by atoms with Gasteiger partial charge in [0.05, 0.1) is 16.7 Å². The largest absolute Gasteiger partial charge is 0.478 e. The van der Waals surface area contributed by atoms with Crippen LogP contribution in [0.1, 0.15) is 49.5 Å². The fraction of sp³-hybridized carbons (Fsp3) is 0.429. The summed E-state index contributed by atoms with van der Waals surface area (Å²) in [6, 6.07) is 3.24. The first kappa shape index (κ1) is 16.7. The predicted octanol–water partition coefficient (Wildman–Crippen LogP) is 4.28. The molecule has 0 atom stereocenters. The van der Waals surface area contributed by atoms with Crippen molar-refractivity contribution in [1.82, 2.24) is 0 Å². The zero-order valence-corrected chi connectivity index (χ0v) is 13.4. The Morgan fingerprint density at radius 3 is 2.40 bits per heavy atom. The standard InChI is InChI=1S/C14H18ClNO3S/c1-7(2)10-5-9(16-14(20)19-8(3)4)6-11(12(10)15)13(17)18/h5-8H,1-4H3,(H,16,20)(H,17,18). The molecule has 0 aliphatic carbocycles. The average molecular weight is 316 g/mol. The summed E-state index contributed by atoms with van der Waals surface area (Å²) in [5, 5.41) is 12.5. The fourth-order valence-electron chi connectivity index (χ4n) is 1.66. The molecule has 0 unspecified atom stereocenters. The number of hydrogen-bond donors (Lipinski definition) is 2. The number of anilines is 1.